The Morgan fingerprint density at radius 2 is 1.90 bits per heavy atom. The monoisotopic (exact) mass is 148 g/mol. The number of aryl methyl sites for hydroxylation is 1. The molecule has 0 unspecified atom stereocenters. The molecule has 1 aromatic rings. The van der Waals surface area contributed by atoms with Gasteiger partial charge >= 0.3 is 0 Å². The Kier molecular flexibility index (Phi) is 2.38. The van der Waals surface area contributed by atoms with Gasteiger partial charge in [-0.3, -0.25) is 0 Å². The Bertz CT molecular complexity index is 253. The van der Waals surface area contributed by atoms with E-state index in [1.165, 1.54) is 5.56 Å². The van der Waals surface area contributed by atoms with E-state index in [1.807, 2.05) is 12.1 Å². The SMILES string of the molecule is Cc1ccc(C=C=S)cc1. The predicted molar refractivity (Wildman–Crippen MR) is 48.2 cm³/mol. The normalized spacial score (nSPS) is 8.50. The molecule has 0 aliphatic heterocycles. The molecule has 0 spiro atoms. The summed E-state index contributed by atoms with van der Waals surface area (Å²) < 4.78 is 0. The Labute approximate surface area is 66.2 Å². The Hall–Kier alpha value is -0.910. The zero-order valence-electron chi connectivity index (χ0n) is 5.79. The van der Waals surface area contributed by atoms with Crippen LogP contribution in [0.25, 0.3) is 6.08 Å². The van der Waals surface area contributed by atoms with Gasteiger partial charge in [0, 0.05) is 0 Å². The van der Waals surface area contributed by atoms with Gasteiger partial charge in [0.1, 0.15) is 0 Å². The van der Waals surface area contributed by atoms with Gasteiger partial charge in [-0.15, -0.1) is 0 Å². The Morgan fingerprint density at radius 1 is 1.30 bits per heavy atom. The summed E-state index contributed by atoms with van der Waals surface area (Å²) in [5.74, 6) is 0. The van der Waals surface area contributed by atoms with Gasteiger partial charge in [-0.25, -0.2) is 0 Å². The molecule has 0 atom stereocenters. The average Bonchev–Trinajstić information content (AvgIpc) is 1.95. The molecule has 0 nitrogen and oxygen atoms in total. The van der Waals surface area contributed by atoms with Crippen molar-refractivity contribution in [2.75, 3.05) is 0 Å². The lowest BCUT2D eigenvalue weighted by Gasteiger charge is -1.91. The van der Waals surface area contributed by atoms with Crippen LogP contribution in [-0.2, 0) is 0 Å². The minimum Gasteiger partial charge on any atom is -0.0587 e. The summed E-state index contributed by atoms with van der Waals surface area (Å²) in [5.41, 5.74) is 2.38. The van der Waals surface area contributed by atoms with Crippen LogP contribution in [0.1, 0.15) is 11.1 Å². The second-order valence-electron chi connectivity index (χ2n) is 2.17. The third-order valence-electron chi connectivity index (χ3n) is 1.30. The molecule has 0 aromatic heterocycles. The largest absolute Gasteiger partial charge is 0.0587 e. The molecule has 1 aromatic carbocycles. The van der Waals surface area contributed by atoms with E-state index in [9.17, 15) is 0 Å². The van der Waals surface area contributed by atoms with Crippen LogP contribution in [0.2, 0.25) is 0 Å². The summed E-state index contributed by atoms with van der Waals surface area (Å²) in [4.78, 5) is 0. The second-order valence-corrected chi connectivity index (χ2v) is 2.41. The number of rotatable bonds is 1. The highest BCUT2D eigenvalue weighted by molar-refractivity contribution is 7.78. The van der Waals surface area contributed by atoms with Crippen molar-refractivity contribution in [1.29, 1.82) is 0 Å². The van der Waals surface area contributed by atoms with E-state index in [0.29, 0.717) is 0 Å². The quantitative estimate of drug-likeness (QED) is 0.552. The molecular formula is C9H8S. The third-order valence-corrected chi connectivity index (χ3v) is 1.42. The van der Waals surface area contributed by atoms with E-state index < -0.39 is 0 Å². The lowest BCUT2D eigenvalue weighted by molar-refractivity contribution is 1.46. The lowest BCUT2D eigenvalue weighted by Crippen LogP contribution is -1.72. The van der Waals surface area contributed by atoms with E-state index in [2.05, 4.69) is 36.3 Å². The van der Waals surface area contributed by atoms with Crippen molar-refractivity contribution in [3.63, 3.8) is 0 Å². The highest BCUT2D eigenvalue weighted by atomic mass is 32.1. The number of benzene rings is 1. The molecule has 0 saturated carbocycles. The van der Waals surface area contributed by atoms with Gasteiger partial charge in [0.05, 0.1) is 0 Å². The van der Waals surface area contributed by atoms with E-state index in [0.717, 1.165) is 5.56 Å². The third kappa shape index (κ3) is 1.80. The zero-order chi connectivity index (χ0) is 7.40. The van der Waals surface area contributed by atoms with Crippen LogP contribution in [0.15, 0.2) is 24.3 Å². The molecule has 0 aliphatic rings. The van der Waals surface area contributed by atoms with Crippen molar-refractivity contribution in [2.45, 2.75) is 6.92 Å². The molecular weight excluding hydrogens is 140 g/mol. The predicted octanol–water partition coefficient (Wildman–Crippen LogP) is 2.61. The van der Waals surface area contributed by atoms with Crippen LogP contribution in [0, 0.1) is 6.92 Å². The molecule has 50 valence electrons. The molecule has 0 bridgehead atoms. The number of thiocarbonyl (C=S) groups is 1. The first kappa shape index (κ1) is 7.20. The number of hydrogen-bond acceptors (Lipinski definition) is 1. The number of hydrogen-bond donors (Lipinski definition) is 0. The lowest BCUT2D eigenvalue weighted by atomic mass is 10.2. The average molecular weight is 148 g/mol. The first-order chi connectivity index (χ1) is 4.83. The van der Waals surface area contributed by atoms with Crippen molar-refractivity contribution >= 4 is 23.3 Å². The first-order valence-corrected chi connectivity index (χ1v) is 3.51. The smallest absolute Gasteiger partial charge is 0.00111 e. The van der Waals surface area contributed by atoms with E-state index in [1.54, 1.807) is 6.08 Å². The summed E-state index contributed by atoms with van der Waals surface area (Å²) in [6.07, 6.45) is 1.79. The second kappa shape index (κ2) is 3.31. The van der Waals surface area contributed by atoms with Crippen LogP contribution in [0.4, 0.5) is 0 Å². The summed E-state index contributed by atoms with van der Waals surface area (Å²) in [5, 5.41) is 2.56. The van der Waals surface area contributed by atoms with Crippen LogP contribution < -0.4 is 0 Å². The van der Waals surface area contributed by atoms with E-state index in [-0.39, 0.29) is 0 Å². The molecule has 10 heavy (non-hydrogen) atoms. The summed E-state index contributed by atoms with van der Waals surface area (Å²) >= 11 is 4.56. The van der Waals surface area contributed by atoms with Gasteiger partial charge in [-0.2, -0.15) is 0 Å². The van der Waals surface area contributed by atoms with Crippen LogP contribution in [-0.4, -0.2) is 5.02 Å². The topological polar surface area (TPSA) is 0 Å². The van der Waals surface area contributed by atoms with E-state index in [4.69, 9.17) is 0 Å². The van der Waals surface area contributed by atoms with Gasteiger partial charge in [0.15, 0.2) is 0 Å². The molecule has 0 aliphatic carbocycles. The van der Waals surface area contributed by atoms with Crippen LogP contribution in [0.3, 0.4) is 0 Å². The molecule has 0 saturated heterocycles. The minimum absolute atomic E-state index is 1.11. The fraction of sp³-hybridized carbons (Fsp3) is 0.111. The summed E-state index contributed by atoms with van der Waals surface area (Å²) in [6.45, 7) is 2.06. The molecule has 0 heterocycles. The van der Waals surface area contributed by atoms with Gasteiger partial charge in [-0.05, 0) is 35.8 Å². The van der Waals surface area contributed by atoms with E-state index >= 15 is 0 Å². The van der Waals surface area contributed by atoms with Crippen LogP contribution >= 0.6 is 12.2 Å². The van der Waals surface area contributed by atoms with Crippen LogP contribution in [0.5, 0.6) is 0 Å². The Morgan fingerprint density at radius 3 is 2.40 bits per heavy atom. The van der Waals surface area contributed by atoms with Crippen molar-refractivity contribution in [3.8, 4) is 0 Å². The molecule has 1 heteroatoms. The van der Waals surface area contributed by atoms with Gasteiger partial charge in [-0.1, -0.05) is 29.8 Å². The van der Waals surface area contributed by atoms with Crippen molar-refractivity contribution in [2.24, 2.45) is 0 Å². The van der Waals surface area contributed by atoms with Gasteiger partial charge < -0.3 is 0 Å². The van der Waals surface area contributed by atoms with Crippen molar-refractivity contribution < 1.29 is 0 Å². The maximum absolute atomic E-state index is 4.56. The summed E-state index contributed by atoms with van der Waals surface area (Å²) in [7, 11) is 0. The Balaban J connectivity index is 3.00. The fourth-order valence-electron chi connectivity index (χ4n) is 0.731. The molecule has 0 radical (unpaired) electrons. The van der Waals surface area contributed by atoms with Crippen molar-refractivity contribution in [1.82, 2.24) is 0 Å². The zero-order valence-corrected chi connectivity index (χ0v) is 6.61. The standard InChI is InChI=1S/C9H8S/c1-8-2-4-9(5-3-8)6-7-10/h2-6H,1H3. The molecule has 0 fully saturated rings. The van der Waals surface area contributed by atoms with Gasteiger partial charge in [0.2, 0.25) is 0 Å². The highest BCUT2D eigenvalue weighted by Crippen LogP contribution is 2.02. The first-order valence-electron chi connectivity index (χ1n) is 3.10. The molecule has 0 amide bonds. The maximum atomic E-state index is 4.56. The summed E-state index contributed by atoms with van der Waals surface area (Å²) in [6, 6.07) is 8.15. The maximum Gasteiger partial charge on any atom is -0.00111 e. The van der Waals surface area contributed by atoms with Gasteiger partial charge in [0.25, 0.3) is 0 Å². The molecule has 1 rings (SSSR count). The highest BCUT2D eigenvalue weighted by Gasteiger charge is 1.83. The fourth-order valence-corrected chi connectivity index (χ4v) is 0.867. The van der Waals surface area contributed by atoms with Crippen molar-refractivity contribution in [3.05, 3.63) is 35.4 Å². The molecule has 0 N–H and O–H groups in total. The minimum atomic E-state index is 1.11.